The van der Waals surface area contributed by atoms with Gasteiger partial charge in [0.1, 0.15) is 5.75 Å². The number of H-pyrrole nitrogens is 1. The molecule has 7 heteroatoms. The molecule has 4 rings (SSSR count). The second-order valence-electron chi connectivity index (χ2n) is 7.10. The number of hydrogen-bond acceptors (Lipinski definition) is 6. The smallest absolute Gasteiger partial charge is 0.248 e. The van der Waals surface area contributed by atoms with Crippen molar-refractivity contribution >= 4 is 10.9 Å². The Morgan fingerprint density at radius 1 is 1.15 bits per heavy atom. The molecule has 1 aliphatic rings. The summed E-state index contributed by atoms with van der Waals surface area (Å²) in [5, 5.41) is 24.7. The van der Waals surface area contributed by atoms with Gasteiger partial charge in [-0.3, -0.25) is 14.8 Å². The lowest BCUT2D eigenvalue weighted by Crippen LogP contribution is -2.33. The molecule has 140 valence electrons. The number of aliphatic hydroxyl groups is 1. The van der Waals surface area contributed by atoms with Crippen molar-refractivity contribution < 1.29 is 10.2 Å². The van der Waals surface area contributed by atoms with Gasteiger partial charge in [0.2, 0.25) is 5.56 Å². The molecule has 0 radical (unpaired) electrons. The number of aryl methyl sites for hydroxylation is 2. The van der Waals surface area contributed by atoms with Crippen molar-refractivity contribution in [2.45, 2.75) is 38.8 Å². The molecule has 0 saturated heterocycles. The van der Waals surface area contributed by atoms with E-state index in [0.717, 1.165) is 35.6 Å². The maximum absolute atomic E-state index is 11.5. The quantitative estimate of drug-likeness (QED) is 0.556. The molecule has 2 heterocycles. The van der Waals surface area contributed by atoms with Crippen LogP contribution in [0.1, 0.15) is 34.4 Å². The fourth-order valence-corrected chi connectivity index (χ4v) is 3.64. The summed E-state index contributed by atoms with van der Waals surface area (Å²) >= 11 is 0. The molecule has 0 spiro atoms. The zero-order valence-electron chi connectivity index (χ0n) is 15.3. The van der Waals surface area contributed by atoms with E-state index in [2.05, 4.69) is 20.3 Å². The number of fused-ring (bicyclic) bond motifs is 2. The second kappa shape index (κ2) is 6.75. The van der Waals surface area contributed by atoms with Gasteiger partial charge in [0, 0.05) is 36.9 Å². The third-order valence-electron chi connectivity index (χ3n) is 5.21. The van der Waals surface area contributed by atoms with E-state index in [1.165, 1.54) is 12.1 Å². The van der Waals surface area contributed by atoms with Crippen LogP contribution >= 0.6 is 0 Å². The number of aliphatic hydroxyl groups excluding tert-OH is 1. The van der Waals surface area contributed by atoms with Crippen LogP contribution in [0, 0.1) is 13.8 Å². The molecule has 0 unspecified atom stereocenters. The predicted molar refractivity (Wildman–Crippen MR) is 102 cm³/mol. The van der Waals surface area contributed by atoms with E-state index in [9.17, 15) is 15.0 Å². The maximum Gasteiger partial charge on any atom is 0.248 e. The number of aromatic amines is 1. The highest BCUT2D eigenvalue weighted by Crippen LogP contribution is 2.29. The van der Waals surface area contributed by atoms with Crippen LogP contribution < -0.4 is 10.9 Å². The van der Waals surface area contributed by atoms with Gasteiger partial charge in [-0.1, -0.05) is 6.07 Å². The summed E-state index contributed by atoms with van der Waals surface area (Å²) in [4.78, 5) is 23.4. The molecule has 0 saturated carbocycles. The highest BCUT2D eigenvalue weighted by molar-refractivity contribution is 5.87. The Kier molecular flexibility index (Phi) is 4.41. The van der Waals surface area contributed by atoms with Crippen LogP contribution in [0.5, 0.6) is 5.75 Å². The van der Waals surface area contributed by atoms with E-state index >= 15 is 0 Å². The molecule has 0 fully saturated rings. The molecule has 0 bridgehead atoms. The van der Waals surface area contributed by atoms with Crippen molar-refractivity contribution in [2.75, 3.05) is 6.54 Å². The fourth-order valence-electron chi connectivity index (χ4n) is 3.64. The molecule has 3 aromatic rings. The summed E-state index contributed by atoms with van der Waals surface area (Å²) in [6.07, 6.45) is 0.812. The summed E-state index contributed by atoms with van der Waals surface area (Å²) in [7, 11) is 0. The largest absolute Gasteiger partial charge is 0.506 e. The Morgan fingerprint density at radius 2 is 1.81 bits per heavy atom. The lowest BCUT2D eigenvalue weighted by molar-refractivity contribution is 0.171. The first kappa shape index (κ1) is 17.6. The summed E-state index contributed by atoms with van der Waals surface area (Å²) in [5.74, 6) is -0.0132. The van der Waals surface area contributed by atoms with Gasteiger partial charge in [-0.15, -0.1) is 0 Å². The number of nitrogens with one attached hydrogen (secondary N) is 2. The third kappa shape index (κ3) is 3.31. The third-order valence-corrected chi connectivity index (χ3v) is 5.21. The molecular formula is C20H22N4O3. The van der Waals surface area contributed by atoms with Crippen LogP contribution in [-0.4, -0.2) is 37.8 Å². The average molecular weight is 366 g/mol. The van der Waals surface area contributed by atoms with Crippen molar-refractivity contribution in [3.05, 3.63) is 63.0 Å². The normalized spacial score (nSPS) is 15.2. The van der Waals surface area contributed by atoms with Crippen LogP contribution in [0.2, 0.25) is 0 Å². The minimum atomic E-state index is -0.771. The van der Waals surface area contributed by atoms with Crippen molar-refractivity contribution in [1.82, 2.24) is 20.3 Å². The Hall–Kier alpha value is -2.77. The maximum atomic E-state index is 11.5. The van der Waals surface area contributed by atoms with Crippen molar-refractivity contribution in [2.24, 2.45) is 0 Å². The predicted octanol–water partition coefficient (Wildman–Crippen LogP) is 1.43. The van der Waals surface area contributed by atoms with Crippen LogP contribution in [-0.2, 0) is 12.8 Å². The van der Waals surface area contributed by atoms with E-state index < -0.39 is 6.10 Å². The van der Waals surface area contributed by atoms with Crippen LogP contribution in [0.4, 0.5) is 0 Å². The minimum Gasteiger partial charge on any atom is -0.506 e. The topological polar surface area (TPSA) is 111 Å². The summed E-state index contributed by atoms with van der Waals surface area (Å²) in [6, 6.07) is 6.36. The van der Waals surface area contributed by atoms with Crippen molar-refractivity contribution in [1.29, 1.82) is 0 Å². The number of aromatic nitrogens is 3. The first-order chi connectivity index (χ1) is 12.9. The van der Waals surface area contributed by atoms with Crippen LogP contribution in [0.15, 0.2) is 29.1 Å². The lowest BCUT2D eigenvalue weighted by atomic mass is 10.0. The molecule has 4 N–H and O–H groups in total. The Balaban J connectivity index is 1.49. The van der Waals surface area contributed by atoms with Crippen LogP contribution in [0.25, 0.3) is 10.9 Å². The number of benzene rings is 1. The standard InChI is InChI=1S/C20H22N4O3/c1-10-11(2)23-16-8-12(7-15(16)22-10)21-9-18(26)13-3-5-17(25)20-14(13)4-6-19(27)24-20/h3-6,12,18,21,25-26H,7-9H2,1-2H3,(H,24,27)/t18-/m0/s1. The first-order valence-electron chi connectivity index (χ1n) is 9.01. The molecule has 0 amide bonds. The van der Waals surface area contributed by atoms with Crippen molar-refractivity contribution in [3.63, 3.8) is 0 Å². The van der Waals surface area contributed by atoms with E-state index in [4.69, 9.17) is 0 Å². The number of hydrogen-bond donors (Lipinski definition) is 4. The molecule has 1 atom stereocenters. The van der Waals surface area contributed by atoms with Gasteiger partial charge in [-0.2, -0.15) is 0 Å². The number of nitrogens with zero attached hydrogens (tertiary/aromatic N) is 2. The van der Waals surface area contributed by atoms with E-state index in [1.54, 1.807) is 12.1 Å². The molecule has 1 aromatic carbocycles. The number of aromatic hydroxyl groups is 1. The first-order valence-corrected chi connectivity index (χ1v) is 9.01. The lowest BCUT2D eigenvalue weighted by Gasteiger charge is -2.18. The zero-order valence-corrected chi connectivity index (χ0v) is 15.3. The summed E-state index contributed by atoms with van der Waals surface area (Å²) in [6.45, 7) is 4.29. The Bertz CT molecular complexity index is 1050. The fraction of sp³-hybridized carbons (Fsp3) is 0.350. The molecule has 0 aliphatic heterocycles. The van der Waals surface area contributed by atoms with E-state index in [-0.39, 0.29) is 17.4 Å². The van der Waals surface area contributed by atoms with Gasteiger partial charge in [-0.25, -0.2) is 0 Å². The Morgan fingerprint density at radius 3 is 2.48 bits per heavy atom. The minimum absolute atomic E-state index is 0.0132. The molecule has 1 aliphatic carbocycles. The van der Waals surface area contributed by atoms with Crippen LogP contribution in [0.3, 0.4) is 0 Å². The molecule has 27 heavy (non-hydrogen) atoms. The second-order valence-corrected chi connectivity index (χ2v) is 7.10. The van der Waals surface area contributed by atoms with Gasteiger partial charge in [0.15, 0.2) is 0 Å². The Labute approximate surface area is 156 Å². The number of rotatable bonds is 4. The number of pyridine rings is 1. The highest BCUT2D eigenvalue weighted by atomic mass is 16.3. The summed E-state index contributed by atoms with van der Waals surface area (Å²) in [5.41, 5.74) is 4.67. The highest BCUT2D eigenvalue weighted by Gasteiger charge is 2.25. The molecule has 2 aromatic heterocycles. The van der Waals surface area contributed by atoms with Gasteiger partial charge in [0.25, 0.3) is 0 Å². The summed E-state index contributed by atoms with van der Waals surface area (Å²) < 4.78 is 0. The average Bonchev–Trinajstić information content (AvgIpc) is 3.02. The monoisotopic (exact) mass is 366 g/mol. The van der Waals surface area contributed by atoms with Gasteiger partial charge < -0.3 is 20.5 Å². The molecular weight excluding hydrogens is 344 g/mol. The molecule has 7 nitrogen and oxygen atoms in total. The number of phenols is 1. The zero-order chi connectivity index (χ0) is 19.1. The SMILES string of the molecule is Cc1nc2c(nc1C)CC(NC[C@H](O)c1ccc(O)c3[nH]c(=O)ccc13)C2. The van der Waals surface area contributed by atoms with E-state index in [0.29, 0.717) is 23.0 Å². The number of phenolic OH excluding ortho intramolecular Hbond substituents is 1. The van der Waals surface area contributed by atoms with Gasteiger partial charge in [-0.05, 0) is 31.5 Å². The van der Waals surface area contributed by atoms with Crippen molar-refractivity contribution in [3.8, 4) is 5.75 Å². The van der Waals surface area contributed by atoms with Gasteiger partial charge in [0.05, 0.1) is 34.4 Å². The van der Waals surface area contributed by atoms with Gasteiger partial charge >= 0.3 is 0 Å². The van der Waals surface area contributed by atoms with E-state index in [1.807, 2.05) is 13.8 Å².